The van der Waals surface area contributed by atoms with Crippen molar-refractivity contribution in [3.63, 3.8) is 0 Å². The van der Waals surface area contributed by atoms with Crippen molar-refractivity contribution < 1.29 is 14.3 Å². The van der Waals surface area contributed by atoms with Crippen molar-refractivity contribution in [2.24, 2.45) is 0 Å². The highest BCUT2D eigenvalue weighted by Crippen LogP contribution is 2.32. The van der Waals surface area contributed by atoms with Gasteiger partial charge < -0.3 is 14.8 Å². The Hall–Kier alpha value is -2.14. The van der Waals surface area contributed by atoms with Gasteiger partial charge in [0.15, 0.2) is 11.5 Å². The third-order valence-corrected chi connectivity index (χ3v) is 6.59. The van der Waals surface area contributed by atoms with Gasteiger partial charge in [0.1, 0.15) is 0 Å². The Morgan fingerprint density at radius 1 is 0.963 bits per heavy atom. The van der Waals surface area contributed by atoms with E-state index in [0.29, 0.717) is 12.1 Å². The SMILES string of the molecule is O=C(NCc1ccc2c(c1)OCO2)c1ccc(CSC2CCCCC2)cc1. The lowest BCUT2D eigenvalue weighted by Gasteiger charge is -2.20. The van der Waals surface area contributed by atoms with Crippen LogP contribution >= 0.6 is 11.8 Å². The average Bonchev–Trinajstić information content (AvgIpc) is 3.19. The van der Waals surface area contributed by atoms with Gasteiger partial charge in [-0.3, -0.25) is 4.79 Å². The molecule has 4 rings (SSSR count). The number of benzene rings is 2. The molecule has 0 saturated heterocycles. The Balaban J connectivity index is 1.27. The van der Waals surface area contributed by atoms with Gasteiger partial charge in [-0.25, -0.2) is 0 Å². The van der Waals surface area contributed by atoms with Gasteiger partial charge in [0.25, 0.3) is 5.91 Å². The quantitative estimate of drug-likeness (QED) is 0.770. The summed E-state index contributed by atoms with van der Waals surface area (Å²) < 4.78 is 10.7. The fourth-order valence-electron chi connectivity index (χ4n) is 3.53. The number of nitrogens with one attached hydrogen (secondary N) is 1. The van der Waals surface area contributed by atoms with E-state index in [1.165, 1.54) is 37.7 Å². The van der Waals surface area contributed by atoms with Gasteiger partial charge in [0, 0.05) is 23.1 Å². The number of carbonyl (C=O) groups is 1. The number of fused-ring (bicyclic) bond motifs is 1. The standard InChI is InChI=1S/C22H25NO3S/c24-22(23-13-17-8-11-20-21(12-17)26-15-25-20)18-9-6-16(7-10-18)14-27-19-4-2-1-3-5-19/h6-12,19H,1-5,13-15H2,(H,23,24). The van der Waals surface area contributed by atoms with Crippen LogP contribution in [-0.4, -0.2) is 18.0 Å². The molecule has 0 bridgehead atoms. The first-order chi connectivity index (χ1) is 13.3. The van der Waals surface area contributed by atoms with Crippen molar-refractivity contribution in [3.8, 4) is 11.5 Å². The van der Waals surface area contributed by atoms with E-state index in [2.05, 4.69) is 29.2 Å². The second-order valence-corrected chi connectivity index (χ2v) is 8.43. The first-order valence-corrected chi connectivity index (χ1v) is 10.7. The lowest BCUT2D eigenvalue weighted by Crippen LogP contribution is -2.22. The van der Waals surface area contributed by atoms with Crippen LogP contribution in [0.15, 0.2) is 42.5 Å². The maximum Gasteiger partial charge on any atom is 0.251 e. The summed E-state index contributed by atoms with van der Waals surface area (Å²) in [5.41, 5.74) is 2.98. The Morgan fingerprint density at radius 3 is 2.52 bits per heavy atom. The molecular weight excluding hydrogens is 358 g/mol. The maximum atomic E-state index is 12.4. The van der Waals surface area contributed by atoms with Crippen LogP contribution in [0, 0.1) is 0 Å². The number of amides is 1. The predicted octanol–water partition coefficient (Wildman–Crippen LogP) is 4.91. The number of thioether (sulfide) groups is 1. The molecule has 1 saturated carbocycles. The third-order valence-electron chi connectivity index (χ3n) is 5.14. The minimum absolute atomic E-state index is 0.0563. The van der Waals surface area contributed by atoms with Crippen molar-refractivity contribution in [3.05, 3.63) is 59.2 Å². The summed E-state index contributed by atoms with van der Waals surface area (Å²) in [6.07, 6.45) is 6.85. The molecule has 1 heterocycles. The zero-order chi connectivity index (χ0) is 18.5. The van der Waals surface area contributed by atoms with E-state index in [4.69, 9.17) is 9.47 Å². The molecule has 2 aromatic carbocycles. The summed E-state index contributed by atoms with van der Waals surface area (Å²) in [5, 5.41) is 3.78. The van der Waals surface area contributed by atoms with Crippen LogP contribution in [-0.2, 0) is 12.3 Å². The number of hydrogen-bond donors (Lipinski definition) is 1. The minimum Gasteiger partial charge on any atom is -0.454 e. The lowest BCUT2D eigenvalue weighted by molar-refractivity contribution is 0.0951. The molecule has 0 atom stereocenters. The molecule has 142 valence electrons. The first kappa shape index (κ1) is 18.2. The maximum absolute atomic E-state index is 12.4. The van der Waals surface area contributed by atoms with E-state index in [-0.39, 0.29) is 12.7 Å². The molecule has 5 heteroatoms. The second kappa shape index (κ2) is 8.70. The number of hydrogen-bond acceptors (Lipinski definition) is 4. The van der Waals surface area contributed by atoms with Crippen molar-refractivity contribution in [2.45, 2.75) is 49.7 Å². The van der Waals surface area contributed by atoms with Gasteiger partial charge in [-0.05, 0) is 48.2 Å². The number of ether oxygens (including phenoxy) is 2. The molecular formula is C22H25NO3S. The highest BCUT2D eigenvalue weighted by molar-refractivity contribution is 7.99. The van der Waals surface area contributed by atoms with Gasteiger partial charge >= 0.3 is 0 Å². The predicted molar refractivity (Wildman–Crippen MR) is 108 cm³/mol. The van der Waals surface area contributed by atoms with E-state index in [0.717, 1.165) is 28.1 Å². The summed E-state index contributed by atoms with van der Waals surface area (Å²) in [4.78, 5) is 12.4. The first-order valence-electron chi connectivity index (χ1n) is 9.65. The molecule has 27 heavy (non-hydrogen) atoms. The largest absolute Gasteiger partial charge is 0.454 e. The fraction of sp³-hybridized carbons (Fsp3) is 0.409. The molecule has 0 aromatic heterocycles. The minimum atomic E-state index is -0.0563. The summed E-state index contributed by atoms with van der Waals surface area (Å²) in [5.74, 6) is 2.47. The molecule has 2 aliphatic rings. The molecule has 1 aliphatic carbocycles. The molecule has 1 fully saturated rings. The van der Waals surface area contributed by atoms with E-state index in [9.17, 15) is 4.79 Å². The Kier molecular flexibility index (Phi) is 5.87. The Bertz CT molecular complexity index is 785. The monoisotopic (exact) mass is 383 g/mol. The number of carbonyl (C=O) groups excluding carboxylic acids is 1. The van der Waals surface area contributed by atoms with E-state index >= 15 is 0 Å². The summed E-state index contributed by atoms with van der Waals surface area (Å²) in [6, 6.07) is 13.7. The van der Waals surface area contributed by atoms with Crippen LogP contribution < -0.4 is 14.8 Å². The van der Waals surface area contributed by atoms with Crippen LogP contribution in [0.5, 0.6) is 11.5 Å². The van der Waals surface area contributed by atoms with Gasteiger partial charge in [0.05, 0.1) is 0 Å². The summed E-state index contributed by atoms with van der Waals surface area (Å²) in [7, 11) is 0. The second-order valence-electron chi connectivity index (χ2n) is 7.14. The summed E-state index contributed by atoms with van der Waals surface area (Å²) >= 11 is 2.06. The molecule has 0 unspecified atom stereocenters. The zero-order valence-corrected chi connectivity index (χ0v) is 16.2. The highest BCUT2D eigenvalue weighted by atomic mass is 32.2. The van der Waals surface area contributed by atoms with E-state index in [1.807, 2.05) is 30.3 Å². The van der Waals surface area contributed by atoms with Crippen LogP contribution in [0.2, 0.25) is 0 Å². The summed E-state index contributed by atoms with van der Waals surface area (Å²) in [6.45, 7) is 0.727. The highest BCUT2D eigenvalue weighted by Gasteiger charge is 2.15. The third kappa shape index (κ3) is 4.78. The van der Waals surface area contributed by atoms with E-state index in [1.54, 1.807) is 0 Å². The molecule has 1 amide bonds. The average molecular weight is 384 g/mol. The number of rotatable bonds is 6. The van der Waals surface area contributed by atoms with Crippen molar-refractivity contribution >= 4 is 17.7 Å². The van der Waals surface area contributed by atoms with Gasteiger partial charge in [-0.1, -0.05) is 37.5 Å². The van der Waals surface area contributed by atoms with Crippen LogP contribution in [0.1, 0.15) is 53.6 Å². The Labute approximate surface area is 164 Å². The van der Waals surface area contributed by atoms with Crippen molar-refractivity contribution in [2.75, 3.05) is 6.79 Å². The zero-order valence-electron chi connectivity index (χ0n) is 15.4. The van der Waals surface area contributed by atoms with Gasteiger partial charge in [-0.15, -0.1) is 0 Å². The van der Waals surface area contributed by atoms with E-state index < -0.39 is 0 Å². The molecule has 0 radical (unpaired) electrons. The smallest absolute Gasteiger partial charge is 0.251 e. The van der Waals surface area contributed by atoms with Crippen molar-refractivity contribution in [1.82, 2.24) is 5.32 Å². The normalized spacial score (nSPS) is 16.3. The topological polar surface area (TPSA) is 47.6 Å². The van der Waals surface area contributed by atoms with Crippen molar-refractivity contribution in [1.29, 1.82) is 0 Å². The molecule has 0 spiro atoms. The molecule has 4 nitrogen and oxygen atoms in total. The Morgan fingerprint density at radius 2 is 1.70 bits per heavy atom. The van der Waals surface area contributed by atoms with Crippen LogP contribution in [0.3, 0.4) is 0 Å². The van der Waals surface area contributed by atoms with Gasteiger partial charge in [-0.2, -0.15) is 11.8 Å². The molecule has 1 N–H and O–H groups in total. The molecule has 1 aliphatic heterocycles. The van der Waals surface area contributed by atoms with Crippen LogP contribution in [0.4, 0.5) is 0 Å². The molecule has 2 aromatic rings. The van der Waals surface area contributed by atoms with Gasteiger partial charge in [0.2, 0.25) is 6.79 Å². The van der Waals surface area contributed by atoms with Crippen LogP contribution in [0.25, 0.3) is 0 Å². The lowest BCUT2D eigenvalue weighted by atomic mass is 10.0. The fourth-order valence-corrected chi connectivity index (χ4v) is 4.82.